The number of hydrogen-bond donors (Lipinski definition) is 1. The van der Waals surface area contributed by atoms with E-state index in [9.17, 15) is 9.90 Å². The Morgan fingerprint density at radius 2 is 2.04 bits per heavy atom. The highest BCUT2D eigenvalue weighted by atomic mass is 35.5. The maximum Gasteiger partial charge on any atom is 0.410 e. The van der Waals surface area contributed by atoms with Gasteiger partial charge in [0.1, 0.15) is 11.4 Å². The number of nitrogens with zero attached hydrogens (tertiary/aromatic N) is 1. The van der Waals surface area contributed by atoms with Crippen LogP contribution in [0.5, 0.6) is 5.75 Å². The molecule has 1 aromatic rings. The van der Waals surface area contributed by atoms with Gasteiger partial charge in [-0.15, -0.1) is 0 Å². The lowest BCUT2D eigenvalue weighted by Crippen LogP contribution is -2.41. The number of amides is 1. The number of rotatable bonds is 3. The lowest BCUT2D eigenvalue weighted by molar-refractivity contribution is 0.0174. The predicted molar refractivity (Wildman–Crippen MR) is 94.2 cm³/mol. The van der Waals surface area contributed by atoms with Crippen molar-refractivity contribution >= 4 is 29.3 Å². The second-order valence-electron chi connectivity index (χ2n) is 6.88. The van der Waals surface area contributed by atoms with Gasteiger partial charge in [0.2, 0.25) is 0 Å². The number of hydrogen-bond acceptors (Lipinski definition) is 4. The van der Waals surface area contributed by atoms with Crippen LogP contribution < -0.4 is 4.74 Å². The van der Waals surface area contributed by atoms with Crippen LogP contribution in [0.2, 0.25) is 10.0 Å². The molecule has 2 rings (SSSR count). The fourth-order valence-corrected chi connectivity index (χ4v) is 3.43. The fourth-order valence-electron chi connectivity index (χ4n) is 2.95. The standard InChI is InChI=1S/C17H23Cl2NO4/c1-17(2,3)24-16(22)20-8-10(7-11(20)9-21)14-13(23-4)6-5-12(18)15(14)19/h5-6,10-11,21H,7-9H2,1-4H3. The van der Waals surface area contributed by atoms with Crippen molar-refractivity contribution in [2.24, 2.45) is 0 Å². The van der Waals surface area contributed by atoms with Gasteiger partial charge in [-0.25, -0.2) is 4.79 Å². The van der Waals surface area contributed by atoms with Crippen LogP contribution in [0.25, 0.3) is 0 Å². The summed E-state index contributed by atoms with van der Waals surface area (Å²) in [6.45, 7) is 5.67. The van der Waals surface area contributed by atoms with Crippen molar-refractivity contribution < 1.29 is 19.4 Å². The van der Waals surface area contributed by atoms with E-state index in [-0.39, 0.29) is 18.6 Å². The van der Waals surface area contributed by atoms with Gasteiger partial charge in [0.25, 0.3) is 0 Å². The first kappa shape index (κ1) is 19.2. The zero-order valence-corrected chi connectivity index (χ0v) is 15.8. The van der Waals surface area contributed by atoms with E-state index in [1.165, 1.54) is 0 Å². The van der Waals surface area contributed by atoms with E-state index in [2.05, 4.69) is 0 Å². The molecule has 1 saturated heterocycles. The van der Waals surface area contributed by atoms with E-state index in [1.54, 1.807) is 24.1 Å². The van der Waals surface area contributed by atoms with Crippen LogP contribution in [0.15, 0.2) is 12.1 Å². The van der Waals surface area contributed by atoms with Gasteiger partial charge in [-0.2, -0.15) is 0 Å². The van der Waals surface area contributed by atoms with Crippen molar-refractivity contribution in [1.82, 2.24) is 4.90 Å². The quantitative estimate of drug-likeness (QED) is 0.864. The summed E-state index contributed by atoms with van der Waals surface area (Å²) < 4.78 is 10.8. The van der Waals surface area contributed by atoms with E-state index in [1.807, 2.05) is 20.8 Å². The smallest absolute Gasteiger partial charge is 0.410 e. The molecule has 0 aromatic heterocycles. The molecule has 1 amide bonds. The van der Waals surface area contributed by atoms with Gasteiger partial charge < -0.3 is 19.5 Å². The van der Waals surface area contributed by atoms with Gasteiger partial charge in [0.15, 0.2) is 0 Å². The number of carbonyl (C=O) groups excluding carboxylic acids is 1. The first-order chi connectivity index (χ1) is 11.2. The van der Waals surface area contributed by atoms with E-state index in [0.717, 1.165) is 5.56 Å². The van der Waals surface area contributed by atoms with Gasteiger partial charge in [0.05, 0.1) is 29.8 Å². The Bertz CT molecular complexity index is 615. The second kappa shape index (κ2) is 7.38. The Labute approximate surface area is 152 Å². The van der Waals surface area contributed by atoms with Crippen molar-refractivity contribution in [2.45, 2.75) is 44.8 Å². The van der Waals surface area contributed by atoms with Crippen molar-refractivity contribution in [3.8, 4) is 5.75 Å². The zero-order chi connectivity index (χ0) is 18.1. The van der Waals surface area contributed by atoms with Crippen molar-refractivity contribution in [3.63, 3.8) is 0 Å². The molecule has 2 atom stereocenters. The number of aliphatic hydroxyl groups excluding tert-OH is 1. The summed E-state index contributed by atoms with van der Waals surface area (Å²) in [5.74, 6) is 0.535. The van der Waals surface area contributed by atoms with E-state index in [4.69, 9.17) is 32.7 Å². The molecule has 5 nitrogen and oxygen atoms in total. The van der Waals surface area contributed by atoms with Crippen molar-refractivity contribution in [3.05, 3.63) is 27.7 Å². The average molecular weight is 376 g/mol. The third-order valence-electron chi connectivity index (χ3n) is 3.97. The number of benzene rings is 1. The number of aliphatic hydroxyl groups is 1. The summed E-state index contributed by atoms with van der Waals surface area (Å²) in [7, 11) is 1.56. The topological polar surface area (TPSA) is 59.0 Å². The molecule has 7 heteroatoms. The molecule has 0 aliphatic carbocycles. The van der Waals surface area contributed by atoms with Crippen LogP contribution in [-0.4, -0.2) is 48.0 Å². The van der Waals surface area contributed by atoms with Crippen LogP contribution >= 0.6 is 23.2 Å². The molecule has 0 radical (unpaired) electrons. The Hall–Kier alpha value is -1.17. The molecule has 0 spiro atoms. The van der Waals surface area contributed by atoms with Crippen LogP contribution in [-0.2, 0) is 4.74 Å². The van der Waals surface area contributed by atoms with Crippen LogP contribution in [0, 0.1) is 0 Å². The normalized spacial score (nSPS) is 21.0. The third-order valence-corrected chi connectivity index (χ3v) is 4.79. The fraction of sp³-hybridized carbons (Fsp3) is 0.588. The highest BCUT2D eigenvalue weighted by Gasteiger charge is 2.39. The molecule has 1 aliphatic rings. The lowest BCUT2D eigenvalue weighted by atomic mass is 9.95. The number of ether oxygens (including phenoxy) is 2. The summed E-state index contributed by atoms with van der Waals surface area (Å²) >= 11 is 12.5. The van der Waals surface area contributed by atoms with Gasteiger partial charge >= 0.3 is 6.09 Å². The van der Waals surface area contributed by atoms with Crippen LogP contribution in [0.4, 0.5) is 4.79 Å². The van der Waals surface area contributed by atoms with E-state index < -0.39 is 11.7 Å². The number of likely N-dealkylation sites (tertiary alicyclic amines) is 1. The maximum absolute atomic E-state index is 12.4. The van der Waals surface area contributed by atoms with Gasteiger partial charge in [-0.1, -0.05) is 23.2 Å². The van der Waals surface area contributed by atoms with Crippen molar-refractivity contribution in [1.29, 1.82) is 0 Å². The van der Waals surface area contributed by atoms with Crippen molar-refractivity contribution in [2.75, 3.05) is 20.3 Å². The zero-order valence-electron chi connectivity index (χ0n) is 14.3. The monoisotopic (exact) mass is 375 g/mol. The summed E-state index contributed by atoms with van der Waals surface area (Å²) in [5.41, 5.74) is 0.164. The third kappa shape index (κ3) is 4.08. The number of methoxy groups -OCH3 is 1. The number of halogens is 2. The molecule has 1 aromatic carbocycles. The molecule has 0 saturated carbocycles. The molecule has 1 aliphatic heterocycles. The molecular weight excluding hydrogens is 353 g/mol. The van der Waals surface area contributed by atoms with Crippen LogP contribution in [0.3, 0.4) is 0 Å². The predicted octanol–water partition coefficient (Wildman–Crippen LogP) is 4.09. The van der Waals surface area contributed by atoms with E-state index in [0.29, 0.717) is 28.8 Å². The van der Waals surface area contributed by atoms with Gasteiger partial charge in [-0.3, -0.25) is 0 Å². The first-order valence-corrected chi connectivity index (χ1v) is 8.56. The molecule has 134 valence electrons. The molecule has 1 fully saturated rings. The summed E-state index contributed by atoms with van der Waals surface area (Å²) in [6, 6.07) is 3.11. The minimum absolute atomic E-state index is 0.0872. The summed E-state index contributed by atoms with van der Waals surface area (Å²) in [6.07, 6.45) is 0.118. The molecule has 24 heavy (non-hydrogen) atoms. The maximum atomic E-state index is 12.4. The molecule has 1 heterocycles. The van der Waals surface area contributed by atoms with E-state index >= 15 is 0 Å². The number of carbonyl (C=O) groups is 1. The molecule has 0 bridgehead atoms. The minimum Gasteiger partial charge on any atom is -0.496 e. The Morgan fingerprint density at radius 3 is 2.58 bits per heavy atom. The Balaban J connectivity index is 2.29. The largest absolute Gasteiger partial charge is 0.496 e. The second-order valence-corrected chi connectivity index (χ2v) is 7.66. The summed E-state index contributed by atoms with van der Waals surface area (Å²) in [4.78, 5) is 14.0. The highest BCUT2D eigenvalue weighted by molar-refractivity contribution is 6.42. The van der Waals surface area contributed by atoms with Gasteiger partial charge in [-0.05, 0) is 39.3 Å². The minimum atomic E-state index is -0.597. The van der Waals surface area contributed by atoms with Gasteiger partial charge in [0, 0.05) is 18.0 Å². The molecule has 2 unspecified atom stereocenters. The average Bonchev–Trinajstić information content (AvgIpc) is 2.92. The Morgan fingerprint density at radius 1 is 1.38 bits per heavy atom. The molecular formula is C17H23Cl2NO4. The SMILES string of the molecule is COc1ccc(Cl)c(Cl)c1C1CC(CO)N(C(=O)OC(C)(C)C)C1. The highest BCUT2D eigenvalue weighted by Crippen LogP contribution is 2.43. The lowest BCUT2D eigenvalue weighted by Gasteiger charge is -2.27. The molecule has 1 N–H and O–H groups in total. The first-order valence-electron chi connectivity index (χ1n) is 7.80. The van der Waals surface area contributed by atoms with Crippen LogP contribution in [0.1, 0.15) is 38.7 Å². The Kier molecular flexibility index (Phi) is 5.89. The summed E-state index contributed by atoms with van der Waals surface area (Å²) in [5, 5.41) is 10.5.